The molecule has 2 aromatic carbocycles. The molecule has 0 bridgehead atoms. The van der Waals surface area contributed by atoms with Crippen molar-refractivity contribution in [3.05, 3.63) is 58.7 Å². The fraction of sp³-hybridized carbons (Fsp3) is 0.308. The van der Waals surface area contributed by atoms with E-state index in [0.717, 1.165) is 0 Å². The van der Waals surface area contributed by atoms with Gasteiger partial charge < -0.3 is 30.7 Å². The molecule has 4 N–H and O–H groups in total. The van der Waals surface area contributed by atoms with Crippen LogP contribution >= 0.6 is 0 Å². The van der Waals surface area contributed by atoms with Gasteiger partial charge in [-0.25, -0.2) is 0 Å². The summed E-state index contributed by atoms with van der Waals surface area (Å²) in [5, 5.41) is 10.6. The van der Waals surface area contributed by atoms with E-state index in [1.54, 1.807) is 0 Å². The van der Waals surface area contributed by atoms with Gasteiger partial charge in [0, 0.05) is 11.1 Å². The minimum Gasteiger partial charge on any atom is -0.468 e. The molecule has 1 aliphatic rings. The molecule has 2 atom stereocenters. The van der Waals surface area contributed by atoms with E-state index >= 15 is 0 Å². The molecule has 0 fully saturated rings. The highest BCUT2D eigenvalue weighted by Gasteiger charge is 2.34. The largest absolute Gasteiger partial charge is 0.468 e. The predicted octanol–water partition coefficient (Wildman–Crippen LogP) is 0.641. The smallest absolute Gasteiger partial charge is 0.323 e. The fourth-order valence-corrected chi connectivity index (χ4v) is 4.11. The Morgan fingerprint density at radius 2 is 1.05 bits per heavy atom. The number of hydrogen-bond donors (Lipinski definition) is 4. The third kappa shape index (κ3) is 5.76. The lowest BCUT2D eigenvalue weighted by molar-refractivity contribution is -0.144. The second-order valence-electron chi connectivity index (χ2n) is 8.35. The number of likely N-dealkylation sites (N-methyl/N-ethyl adjacent to an activating group) is 2. The third-order valence-corrected chi connectivity index (χ3v) is 6.07. The average molecular weight is 525 g/mol. The van der Waals surface area contributed by atoms with E-state index in [4.69, 9.17) is 0 Å². The van der Waals surface area contributed by atoms with Gasteiger partial charge in [-0.3, -0.25) is 28.8 Å². The summed E-state index contributed by atoms with van der Waals surface area (Å²) in [6.07, 6.45) is -0.526. The average Bonchev–Trinajstić information content (AvgIpc) is 2.92. The highest BCUT2D eigenvalue weighted by Crippen LogP contribution is 2.35. The summed E-state index contributed by atoms with van der Waals surface area (Å²) in [5.41, 5.74) is 0.315. The van der Waals surface area contributed by atoms with Crippen molar-refractivity contribution in [2.45, 2.75) is 24.9 Å². The summed E-state index contributed by atoms with van der Waals surface area (Å²) in [4.78, 5) is 75.9. The van der Waals surface area contributed by atoms with Crippen LogP contribution in [-0.2, 0) is 28.7 Å². The number of anilines is 2. The Labute approximate surface area is 218 Å². The summed E-state index contributed by atoms with van der Waals surface area (Å²) in [5.74, 6) is -3.44. The molecule has 2 aromatic rings. The first-order valence-electron chi connectivity index (χ1n) is 11.6. The van der Waals surface area contributed by atoms with Crippen LogP contribution in [0.15, 0.2) is 36.4 Å². The minimum atomic E-state index is -0.898. The molecule has 0 saturated heterocycles. The Morgan fingerprint density at radius 3 is 1.37 bits per heavy atom. The van der Waals surface area contributed by atoms with Gasteiger partial charge in [-0.15, -0.1) is 0 Å². The predicted molar refractivity (Wildman–Crippen MR) is 136 cm³/mol. The molecule has 0 heterocycles. The summed E-state index contributed by atoms with van der Waals surface area (Å²) in [6.45, 7) is 0. The Bertz CT molecular complexity index is 1210. The Kier molecular flexibility index (Phi) is 9.05. The molecule has 0 spiro atoms. The number of ketones is 2. The first-order chi connectivity index (χ1) is 18.2. The summed E-state index contributed by atoms with van der Waals surface area (Å²) in [7, 11) is 5.41. The van der Waals surface area contributed by atoms with E-state index in [2.05, 4.69) is 30.7 Å². The molecule has 2 unspecified atom stereocenters. The van der Waals surface area contributed by atoms with Crippen molar-refractivity contribution in [3.63, 3.8) is 0 Å². The van der Waals surface area contributed by atoms with Crippen LogP contribution in [0.2, 0.25) is 0 Å². The summed E-state index contributed by atoms with van der Waals surface area (Å²) >= 11 is 0. The molecule has 0 saturated carbocycles. The number of amides is 2. The number of methoxy groups -OCH3 is 2. The quantitative estimate of drug-likeness (QED) is 0.276. The number of benzene rings is 2. The molecular weight excluding hydrogens is 496 g/mol. The number of fused-ring (bicyclic) bond motifs is 2. The van der Waals surface area contributed by atoms with E-state index in [1.165, 1.54) is 64.7 Å². The van der Waals surface area contributed by atoms with Crippen LogP contribution in [0.1, 0.15) is 44.7 Å². The molecule has 38 heavy (non-hydrogen) atoms. The SMILES string of the molecule is CNC(CC(=O)Nc1cccc2c1C(=O)c1cccc(NC(=O)CC(NC)C(=O)OC)c1C2=O)C(=O)OC. The Morgan fingerprint density at radius 1 is 0.684 bits per heavy atom. The first-order valence-corrected chi connectivity index (χ1v) is 11.6. The number of hydrogen-bond acceptors (Lipinski definition) is 10. The van der Waals surface area contributed by atoms with Crippen LogP contribution in [0.25, 0.3) is 0 Å². The highest BCUT2D eigenvalue weighted by molar-refractivity contribution is 6.32. The van der Waals surface area contributed by atoms with Crippen LogP contribution in [0.5, 0.6) is 0 Å². The fourth-order valence-electron chi connectivity index (χ4n) is 4.11. The third-order valence-electron chi connectivity index (χ3n) is 6.07. The Hall–Kier alpha value is -4.42. The lowest BCUT2D eigenvalue weighted by atomic mass is 9.82. The van der Waals surface area contributed by atoms with Crippen LogP contribution in [0.3, 0.4) is 0 Å². The monoisotopic (exact) mass is 524 g/mol. The molecule has 12 heteroatoms. The van der Waals surface area contributed by atoms with E-state index in [-0.39, 0.29) is 46.5 Å². The molecule has 0 aromatic heterocycles. The van der Waals surface area contributed by atoms with Gasteiger partial charge in [-0.1, -0.05) is 24.3 Å². The van der Waals surface area contributed by atoms with Gasteiger partial charge in [0.05, 0.1) is 49.6 Å². The second-order valence-corrected chi connectivity index (χ2v) is 8.35. The zero-order chi connectivity index (χ0) is 28.0. The minimum absolute atomic E-state index is 0.00170. The number of ether oxygens (including phenoxy) is 2. The van der Waals surface area contributed by atoms with Crippen molar-refractivity contribution in [3.8, 4) is 0 Å². The second kappa shape index (κ2) is 12.2. The highest BCUT2D eigenvalue weighted by atomic mass is 16.5. The van der Waals surface area contributed by atoms with Gasteiger partial charge in [0.2, 0.25) is 11.8 Å². The zero-order valence-corrected chi connectivity index (χ0v) is 21.3. The van der Waals surface area contributed by atoms with Gasteiger partial charge in [0.1, 0.15) is 12.1 Å². The zero-order valence-electron chi connectivity index (χ0n) is 21.3. The van der Waals surface area contributed by atoms with Crippen molar-refractivity contribution in [1.82, 2.24) is 10.6 Å². The maximum atomic E-state index is 13.5. The normalized spacial score (nSPS) is 13.5. The molecule has 1 aliphatic carbocycles. The summed E-state index contributed by atoms with van der Waals surface area (Å²) in [6, 6.07) is 7.09. The van der Waals surface area contributed by atoms with Gasteiger partial charge >= 0.3 is 11.9 Å². The summed E-state index contributed by atoms with van der Waals surface area (Å²) < 4.78 is 9.32. The van der Waals surface area contributed by atoms with E-state index in [1.807, 2.05) is 0 Å². The lowest BCUT2D eigenvalue weighted by Crippen LogP contribution is -2.38. The van der Waals surface area contributed by atoms with Crippen molar-refractivity contribution < 1.29 is 38.2 Å². The van der Waals surface area contributed by atoms with Crippen LogP contribution < -0.4 is 21.3 Å². The molecule has 3 rings (SSSR count). The number of nitrogens with one attached hydrogen (secondary N) is 4. The number of esters is 2. The van der Waals surface area contributed by atoms with Gasteiger partial charge in [-0.05, 0) is 26.2 Å². The number of carbonyl (C=O) groups is 6. The molecule has 2 amide bonds. The molecule has 0 radical (unpaired) electrons. The van der Waals surface area contributed by atoms with Gasteiger partial charge in [0.15, 0.2) is 11.6 Å². The van der Waals surface area contributed by atoms with E-state index < -0.39 is 47.4 Å². The van der Waals surface area contributed by atoms with E-state index in [0.29, 0.717) is 0 Å². The maximum Gasteiger partial charge on any atom is 0.323 e. The van der Waals surface area contributed by atoms with Crippen molar-refractivity contribution in [2.24, 2.45) is 0 Å². The van der Waals surface area contributed by atoms with Crippen molar-refractivity contribution in [1.29, 1.82) is 0 Å². The van der Waals surface area contributed by atoms with Crippen molar-refractivity contribution in [2.75, 3.05) is 38.9 Å². The first kappa shape index (κ1) is 28.2. The van der Waals surface area contributed by atoms with E-state index in [9.17, 15) is 28.8 Å². The lowest BCUT2D eigenvalue weighted by Gasteiger charge is -2.23. The van der Waals surface area contributed by atoms with Gasteiger partial charge in [-0.2, -0.15) is 0 Å². The Balaban J connectivity index is 1.89. The molecular formula is C26H28N4O8. The molecule has 200 valence electrons. The van der Waals surface area contributed by atoms with Crippen LogP contribution in [0.4, 0.5) is 11.4 Å². The molecule has 0 aliphatic heterocycles. The van der Waals surface area contributed by atoms with Crippen molar-refractivity contribution >= 4 is 46.7 Å². The van der Waals surface area contributed by atoms with Gasteiger partial charge in [0.25, 0.3) is 0 Å². The molecule has 12 nitrogen and oxygen atoms in total. The number of rotatable bonds is 10. The topological polar surface area (TPSA) is 169 Å². The number of carbonyl (C=O) groups excluding carboxylic acids is 6. The van der Waals surface area contributed by atoms with Crippen LogP contribution in [-0.4, -0.2) is 75.7 Å². The van der Waals surface area contributed by atoms with Crippen LogP contribution in [0, 0.1) is 0 Å². The maximum absolute atomic E-state index is 13.5. The standard InChI is InChI=1S/C26H28N4O8/c1-27-17(25(35)37-3)11-19(31)29-15-9-5-7-13-21(15)23(33)14-8-6-10-16(22(14)24(13)34)30-20(32)12-18(28-2)26(36)38-4/h5-10,17-18,27-28H,11-12H2,1-4H3,(H,29,31)(H,30,32).